The maximum absolute atomic E-state index is 9.96. The number of β-amino-alcohol motifs (C(OH)–C–C–N with tert-alkyl or cyclic N) is 1. The molecule has 3 N–H and O–H groups in total. The lowest BCUT2D eigenvalue weighted by atomic mass is 10.1. The lowest BCUT2D eigenvalue weighted by molar-refractivity contribution is 0.0839. The number of thiocarbonyl (C=S) groups is 1. The first kappa shape index (κ1) is 12.8. The fourth-order valence-corrected chi connectivity index (χ4v) is 2.82. The molecule has 1 aromatic carbocycles. The molecule has 1 aromatic rings. The molecule has 0 radical (unpaired) electrons. The normalized spacial score (nSPS) is 24.1. The minimum Gasteiger partial charge on any atom is -0.389 e. The average molecular weight is 315 g/mol. The summed E-state index contributed by atoms with van der Waals surface area (Å²) in [5.74, 6) is 0. The molecule has 1 saturated heterocycles. The first-order chi connectivity index (χ1) is 7.89. The minimum absolute atomic E-state index is 0.394. The van der Waals surface area contributed by atoms with Gasteiger partial charge in [-0.3, -0.25) is 0 Å². The Labute approximate surface area is 115 Å². The Hall–Kier alpha value is -0.650. The van der Waals surface area contributed by atoms with Gasteiger partial charge in [0.05, 0.1) is 11.3 Å². The largest absolute Gasteiger partial charge is 0.389 e. The average Bonchev–Trinajstić information content (AvgIpc) is 2.58. The standard InChI is InChI=1S/C12H15BrN2OS/c1-12(16)4-5-15(7-12)10-3-2-8(11(14)17)6-9(10)13/h2-3,6,16H,4-5,7H2,1H3,(H2,14,17). The molecule has 1 heterocycles. The van der Waals surface area contributed by atoms with E-state index >= 15 is 0 Å². The topological polar surface area (TPSA) is 49.5 Å². The molecule has 0 aliphatic carbocycles. The van der Waals surface area contributed by atoms with Crippen molar-refractivity contribution in [2.24, 2.45) is 5.73 Å². The summed E-state index contributed by atoms with van der Waals surface area (Å²) in [5.41, 5.74) is 6.91. The highest BCUT2D eigenvalue weighted by atomic mass is 79.9. The van der Waals surface area contributed by atoms with E-state index in [1.165, 1.54) is 0 Å². The number of nitrogens with two attached hydrogens (primary N) is 1. The molecule has 17 heavy (non-hydrogen) atoms. The second-order valence-electron chi connectivity index (χ2n) is 4.70. The van der Waals surface area contributed by atoms with Crippen molar-refractivity contribution in [2.45, 2.75) is 18.9 Å². The van der Waals surface area contributed by atoms with Gasteiger partial charge in [0.15, 0.2) is 0 Å². The zero-order valence-electron chi connectivity index (χ0n) is 9.61. The third kappa shape index (κ3) is 2.78. The summed E-state index contributed by atoms with van der Waals surface area (Å²) in [6.07, 6.45) is 0.788. The van der Waals surface area contributed by atoms with Crippen molar-refractivity contribution >= 4 is 38.8 Å². The van der Waals surface area contributed by atoms with Crippen molar-refractivity contribution in [3.05, 3.63) is 28.2 Å². The van der Waals surface area contributed by atoms with Gasteiger partial charge in [-0.2, -0.15) is 0 Å². The van der Waals surface area contributed by atoms with Gasteiger partial charge in [-0.25, -0.2) is 0 Å². The lowest BCUT2D eigenvalue weighted by Crippen LogP contribution is -2.29. The fraction of sp³-hybridized carbons (Fsp3) is 0.417. The van der Waals surface area contributed by atoms with E-state index in [1.807, 2.05) is 25.1 Å². The van der Waals surface area contributed by atoms with Gasteiger partial charge in [0.2, 0.25) is 0 Å². The van der Waals surface area contributed by atoms with Crippen molar-refractivity contribution in [1.29, 1.82) is 0 Å². The first-order valence-electron chi connectivity index (χ1n) is 5.46. The molecule has 0 amide bonds. The number of hydrogen-bond donors (Lipinski definition) is 2. The van der Waals surface area contributed by atoms with Crippen LogP contribution in [0.2, 0.25) is 0 Å². The van der Waals surface area contributed by atoms with Crippen molar-refractivity contribution < 1.29 is 5.11 Å². The molecule has 0 aromatic heterocycles. The molecule has 0 spiro atoms. The lowest BCUT2D eigenvalue weighted by Gasteiger charge is -2.22. The van der Waals surface area contributed by atoms with Gasteiger partial charge in [-0.15, -0.1) is 0 Å². The molecule has 5 heteroatoms. The molecule has 1 unspecified atom stereocenters. The highest BCUT2D eigenvalue weighted by Gasteiger charge is 2.32. The second-order valence-corrected chi connectivity index (χ2v) is 5.99. The molecule has 0 bridgehead atoms. The predicted molar refractivity (Wildman–Crippen MR) is 77.5 cm³/mol. The van der Waals surface area contributed by atoms with Gasteiger partial charge >= 0.3 is 0 Å². The number of anilines is 1. The summed E-state index contributed by atoms with van der Waals surface area (Å²) in [7, 11) is 0. The van der Waals surface area contributed by atoms with E-state index in [1.54, 1.807) is 0 Å². The van der Waals surface area contributed by atoms with E-state index in [-0.39, 0.29) is 0 Å². The fourth-order valence-electron chi connectivity index (χ4n) is 2.07. The van der Waals surface area contributed by atoms with Crippen molar-refractivity contribution in [3.63, 3.8) is 0 Å². The number of rotatable bonds is 2. The molecule has 0 saturated carbocycles. The minimum atomic E-state index is -0.596. The zero-order valence-corrected chi connectivity index (χ0v) is 12.0. The highest BCUT2D eigenvalue weighted by Crippen LogP contribution is 2.32. The SMILES string of the molecule is CC1(O)CCN(c2ccc(C(N)=S)cc2Br)C1. The summed E-state index contributed by atoms with van der Waals surface area (Å²) >= 11 is 8.46. The molecule has 92 valence electrons. The third-order valence-electron chi connectivity index (χ3n) is 3.02. The van der Waals surface area contributed by atoms with Gasteiger partial charge in [-0.1, -0.05) is 12.2 Å². The van der Waals surface area contributed by atoms with Crippen molar-refractivity contribution in [2.75, 3.05) is 18.0 Å². The van der Waals surface area contributed by atoms with E-state index in [2.05, 4.69) is 20.8 Å². The summed E-state index contributed by atoms with van der Waals surface area (Å²) in [6, 6.07) is 5.82. The molecule has 3 nitrogen and oxygen atoms in total. The Morgan fingerprint density at radius 1 is 1.59 bits per heavy atom. The van der Waals surface area contributed by atoms with Crippen LogP contribution in [0.4, 0.5) is 5.69 Å². The van der Waals surface area contributed by atoms with Gasteiger partial charge in [0.25, 0.3) is 0 Å². The van der Waals surface area contributed by atoms with Crippen LogP contribution in [-0.2, 0) is 0 Å². The van der Waals surface area contributed by atoms with Gasteiger partial charge in [0.1, 0.15) is 4.99 Å². The van der Waals surface area contributed by atoms with Gasteiger partial charge < -0.3 is 15.7 Å². The molecule has 1 atom stereocenters. The first-order valence-corrected chi connectivity index (χ1v) is 6.66. The van der Waals surface area contributed by atoms with Crippen LogP contribution in [0.3, 0.4) is 0 Å². The van der Waals surface area contributed by atoms with Crippen LogP contribution in [0.1, 0.15) is 18.9 Å². The smallest absolute Gasteiger partial charge is 0.104 e. The Kier molecular flexibility index (Phi) is 3.43. The van der Waals surface area contributed by atoms with E-state index in [4.69, 9.17) is 18.0 Å². The van der Waals surface area contributed by atoms with Crippen LogP contribution < -0.4 is 10.6 Å². The number of benzene rings is 1. The Bertz CT molecular complexity index is 462. The van der Waals surface area contributed by atoms with Crippen LogP contribution in [0.25, 0.3) is 0 Å². The predicted octanol–water partition coefficient (Wildman–Crippen LogP) is 2.04. The highest BCUT2D eigenvalue weighted by molar-refractivity contribution is 9.10. The quantitative estimate of drug-likeness (QED) is 0.820. The molecule has 1 aliphatic heterocycles. The molecule has 2 rings (SSSR count). The maximum Gasteiger partial charge on any atom is 0.104 e. The van der Waals surface area contributed by atoms with Crippen LogP contribution >= 0.6 is 28.1 Å². The molecule has 1 aliphatic rings. The number of aliphatic hydroxyl groups is 1. The van der Waals surface area contributed by atoms with E-state index in [0.717, 1.165) is 28.7 Å². The van der Waals surface area contributed by atoms with Crippen molar-refractivity contribution in [3.8, 4) is 0 Å². The second kappa shape index (κ2) is 4.55. The van der Waals surface area contributed by atoms with Crippen LogP contribution in [0, 0.1) is 0 Å². The summed E-state index contributed by atoms with van der Waals surface area (Å²) in [6.45, 7) is 3.38. The third-order valence-corrected chi connectivity index (χ3v) is 3.90. The monoisotopic (exact) mass is 314 g/mol. The maximum atomic E-state index is 9.96. The summed E-state index contributed by atoms with van der Waals surface area (Å²) in [4.78, 5) is 2.55. The summed E-state index contributed by atoms with van der Waals surface area (Å²) < 4.78 is 0.959. The number of hydrogen-bond acceptors (Lipinski definition) is 3. The van der Waals surface area contributed by atoms with E-state index < -0.39 is 5.60 Å². The zero-order chi connectivity index (χ0) is 12.6. The van der Waals surface area contributed by atoms with E-state index in [0.29, 0.717) is 11.5 Å². The van der Waals surface area contributed by atoms with Crippen LogP contribution in [0.5, 0.6) is 0 Å². The van der Waals surface area contributed by atoms with Crippen molar-refractivity contribution in [1.82, 2.24) is 0 Å². The Balaban J connectivity index is 2.26. The van der Waals surface area contributed by atoms with Crippen LogP contribution in [0.15, 0.2) is 22.7 Å². The molecular formula is C12H15BrN2OS. The molecule has 1 fully saturated rings. The van der Waals surface area contributed by atoms with E-state index in [9.17, 15) is 5.11 Å². The number of halogens is 1. The molecular weight excluding hydrogens is 300 g/mol. The van der Waals surface area contributed by atoms with Crippen LogP contribution in [-0.4, -0.2) is 28.8 Å². The van der Waals surface area contributed by atoms with Gasteiger partial charge in [-0.05, 0) is 47.5 Å². The Morgan fingerprint density at radius 2 is 2.29 bits per heavy atom. The van der Waals surface area contributed by atoms with Gasteiger partial charge in [0, 0.05) is 23.1 Å². The Morgan fingerprint density at radius 3 is 2.76 bits per heavy atom. The summed E-state index contributed by atoms with van der Waals surface area (Å²) in [5, 5.41) is 9.96. The number of nitrogens with zero attached hydrogens (tertiary/aromatic N) is 1.